The molecule has 1 aromatic rings. The number of nitrogens with two attached hydrogens (primary N) is 1. The van der Waals surface area contributed by atoms with Crippen LogP contribution in [-0.4, -0.2) is 11.0 Å². The van der Waals surface area contributed by atoms with E-state index >= 15 is 0 Å². The van der Waals surface area contributed by atoms with Crippen molar-refractivity contribution in [3.63, 3.8) is 0 Å². The second-order valence-electron chi connectivity index (χ2n) is 3.93. The fourth-order valence-electron chi connectivity index (χ4n) is 1.99. The molecule has 0 spiro atoms. The number of nitrogens with zero attached hydrogens (tertiary/aromatic N) is 1. The maximum Gasteiger partial charge on any atom is 0.128 e. The second kappa shape index (κ2) is 4.31. The van der Waals surface area contributed by atoms with Crippen LogP contribution in [0, 0.1) is 0 Å². The van der Waals surface area contributed by atoms with Crippen molar-refractivity contribution in [2.24, 2.45) is 0 Å². The Bertz CT molecular complexity index is 292. The number of rotatable bonds is 2. The van der Waals surface area contributed by atoms with Gasteiger partial charge in [-0.05, 0) is 25.0 Å². The third-order valence-electron chi connectivity index (χ3n) is 2.73. The molecule has 0 bridgehead atoms. The average molecular weight is 191 g/mol. The lowest BCUT2D eigenvalue weighted by Crippen LogP contribution is -2.22. The number of hydrogen-bond acceptors (Lipinski definition) is 3. The zero-order chi connectivity index (χ0) is 9.80. The lowest BCUT2D eigenvalue weighted by Gasteiger charge is -2.23. The first kappa shape index (κ1) is 9.31. The third-order valence-corrected chi connectivity index (χ3v) is 2.73. The maximum absolute atomic E-state index is 5.61. The minimum atomic E-state index is 0.589. The molecular formula is C11H17N3. The summed E-state index contributed by atoms with van der Waals surface area (Å²) in [5.41, 5.74) is 5.61. The van der Waals surface area contributed by atoms with Crippen LogP contribution in [0.1, 0.15) is 32.1 Å². The fraction of sp³-hybridized carbons (Fsp3) is 0.545. The van der Waals surface area contributed by atoms with Crippen LogP contribution in [0.5, 0.6) is 0 Å². The van der Waals surface area contributed by atoms with Gasteiger partial charge in [-0.1, -0.05) is 25.3 Å². The van der Waals surface area contributed by atoms with E-state index in [4.69, 9.17) is 5.73 Å². The summed E-state index contributed by atoms with van der Waals surface area (Å²) < 4.78 is 0. The Hall–Kier alpha value is -1.25. The highest BCUT2D eigenvalue weighted by Crippen LogP contribution is 2.20. The van der Waals surface area contributed by atoms with Crippen LogP contribution in [0.25, 0.3) is 0 Å². The first-order chi connectivity index (χ1) is 6.84. The summed E-state index contributed by atoms with van der Waals surface area (Å²) in [5.74, 6) is 1.50. The second-order valence-corrected chi connectivity index (χ2v) is 3.93. The molecule has 0 radical (unpaired) electrons. The summed E-state index contributed by atoms with van der Waals surface area (Å²) >= 11 is 0. The van der Waals surface area contributed by atoms with Gasteiger partial charge in [0.15, 0.2) is 0 Å². The van der Waals surface area contributed by atoms with Crippen molar-refractivity contribution < 1.29 is 0 Å². The molecule has 3 nitrogen and oxygen atoms in total. The number of hydrogen-bond donors (Lipinski definition) is 2. The summed E-state index contributed by atoms with van der Waals surface area (Å²) in [6, 6.07) is 6.32. The Labute approximate surface area is 84.7 Å². The number of nitrogens with one attached hydrogen (secondary N) is 1. The summed E-state index contributed by atoms with van der Waals surface area (Å²) in [7, 11) is 0. The molecule has 0 saturated heterocycles. The van der Waals surface area contributed by atoms with Crippen molar-refractivity contribution in [3.8, 4) is 0 Å². The Morgan fingerprint density at radius 2 is 2.00 bits per heavy atom. The summed E-state index contributed by atoms with van der Waals surface area (Å²) in [5, 5.41) is 3.43. The average Bonchev–Trinajstić information content (AvgIpc) is 2.19. The van der Waals surface area contributed by atoms with Crippen LogP contribution in [0.3, 0.4) is 0 Å². The number of aromatic nitrogens is 1. The van der Waals surface area contributed by atoms with Gasteiger partial charge in [-0.25, -0.2) is 4.98 Å². The van der Waals surface area contributed by atoms with E-state index in [-0.39, 0.29) is 0 Å². The smallest absolute Gasteiger partial charge is 0.128 e. The van der Waals surface area contributed by atoms with Crippen LogP contribution < -0.4 is 11.1 Å². The normalized spacial score (nSPS) is 18.0. The van der Waals surface area contributed by atoms with E-state index in [1.54, 1.807) is 0 Å². The Balaban J connectivity index is 1.95. The topological polar surface area (TPSA) is 50.9 Å². The van der Waals surface area contributed by atoms with Gasteiger partial charge >= 0.3 is 0 Å². The SMILES string of the molecule is Nc1cccc(NC2CCCCC2)n1. The summed E-state index contributed by atoms with van der Waals surface area (Å²) in [6.45, 7) is 0. The largest absolute Gasteiger partial charge is 0.384 e. The molecule has 0 atom stereocenters. The Morgan fingerprint density at radius 3 is 2.71 bits per heavy atom. The van der Waals surface area contributed by atoms with Crippen molar-refractivity contribution >= 4 is 11.6 Å². The fourth-order valence-corrected chi connectivity index (χ4v) is 1.99. The molecule has 2 rings (SSSR count). The van der Waals surface area contributed by atoms with Gasteiger partial charge in [0.1, 0.15) is 11.6 Å². The molecular weight excluding hydrogens is 174 g/mol. The van der Waals surface area contributed by atoms with E-state index in [0.29, 0.717) is 11.9 Å². The minimum absolute atomic E-state index is 0.589. The molecule has 1 heterocycles. The van der Waals surface area contributed by atoms with Gasteiger partial charge in [0, 0.05) is 6.04 Å². The van der Waals surface area contributed by atoms with Crippen molar-refractivity contribution in [3.05, 3.63) is 18.2 Å². The van der Waals surface area contributed by atoms with Gasteiger partial charge in [-0.15, -0.1) is 0 Å². The van der Waals surface area contributed by atoms with Gasteiger partial charge in [0.2, 0.25) is 0 Å². The molecule has 1 fully saturated rings. The highest BCUT2D eigenvalue weighted by Gasteiger charge is 2.12. The van der Waals surface area contributed by atoms with Crippen LogP contribution in [0.2, 0.25) is 0 Å². The number of pyridine rings is 1. The minimum Gasteiger partial charge on any atom is -0.384 e. The lowest BCUT2D eigenvalue weighted by molar-refractivity contribution is 0.462. The molecule has 76 valence electrons. The third kappa shape index (κ3) is 2.37. The van der Waals surface area contributed by atoms with Crippen molar-refractivity contribution in [2.75, 3.05) is 11.1 Å². The van der Waals surface area contributed by atoms with Gasteiger partial charge in [-0.2, -0.15) is 0 Å². The van der Waals surface area contributed by atoms with E-state index in [0.717, 1.165) is 5.82 Å². The van der Waals surface area contributed by atoms with Gasteiger partial charge in [0.25, 0.3) is 0 Å². The van der Waals surface area contributed by atoms with Gasteiger partial charge in [0.05, 0.1) is 0 Å². The molecule has 1 saturated carbocycles. The first-order valence-electron chi connectivity index (χ1n) is 5.34. The number of nitrogen functional groups attached to an aromatic ring is 1. The van der Waals surface area contributed by atoms with Crippen LogP contribution >= 0.6 is 0 Å². The van der Waals surface area contributed by atoms with E-state index in [9.17, 15) is 0 Å². The quantitative estimate of drug-likeness (QED) is 0.754. The van der Waals surface area contributed by atoms with E-state index in [1.165, 1.54) is 32.1 Å². The molecule has 3 N–H and O–H groups in total. The monoisotopic (exact) mass is 191 g/mol. The summed E-state index contributed by atoms with van der Waals surface area (Å²) in [6.07, 6.45) is 6.56. The Morgan fingerprint density at radius 1 is 1.21 bits per heavy atom. The molecule has 0 aliphatic heterocycles. The zero-order valence-corrected chi connectivity index (χ0v) is 8.37. The van der Waals surface area contributed by atoms with Crippen LogP contribution in [0.4, 0.5) is 11.6 Å². The van der Waals surface area contributed by atoms with Crippen molar-refractivity contribution in [2.45, 2.75) is 38.1 Å². The molecule has 1 aromatic heterocycles. The highest BCUT2D eigenvalue weighted by molar-refractivity contribution is 5.42. The van der Waals surface area contributed by atoms with Crippen LogP contribution in [-0.2, 0) is 0 Å². The summed E-state index contributed by atoms with van der Waals surface area (Å²) in [4.78, 5) is 4.23. The van der Waals surface area contributed by atoms with Crippen LogP contribution in [0.15, 0.2) is 18.2 Å². The molecule has 1 aliphatic carbocycles. The van der Waals surface area contributed by atoms with Crippen molar-refractivity contribution in [1.29, 1.82) is 0 Å². The maximum atomic E-state index is 5.61. The molecule has 0 aromatic carbocycles. The lowest BCUT2D eigenvalue weighted by atomic mass is 9.95. The number of anilines is 2. The predicted octanol–water partition coefficient (Wildman–Crippen LogP) is 2.41. The predicted molar refractivity (Wildman–Crippen MR) is 59.1 cm³/mol. The van der Waals surface area contributed by atoms with E-state index in [1.807, 2.05) is 18.2 Å². The highest BCUT2D eigenvalue weighted by atomic mass is 15.0. The first-order valence-corrected chi connectivity index (χ1v) is 5.34. The Kier molecular flexibility index (Phi) is 2.87. The van der Waals surface area contributed by atoms with E-state index in [2.05, 4.69) is 10.3 Å². The molecule has 0 unspecified atom stereocenters. The zero-order valence-electron chi connectivity index (χ0n) is 8.37. The van der Waals surface area contributed by atoms with E-state index < -0.39 is 0 Å². The molecule has 0 amide bonds. The van der Waals surface area contributed by atoms with Gasteiger partial charge < -0.3 is 11.1 Å². The standard InChI is InChI=1S/C11H17N3/c12-10-7-4-8-11(14-10)13-9-5-2-1-3-6-9/h4,7-9H,1-3,5-6H2,(H3,12,13,14). The van der Waals surface area contributed by atoms with Crippen molar-refractivity contribution in [1.82, 2.24) is 4.98 Å². The molecule has 14 heavy (non-hydrogen) atoms. The van der Waals surface area contributed by atoms with Gasteiger partial charge in [-0.3, -0.25) is 0 Å². The molecule has 1 aliphatic rings. The molecule has 3 heteroatoms.